The average Bonchev–Trinajstić information content (AvgIpc) is 3.39. The number of carbonyl (C=O) groups excluding carboxylic acids is 1. The second-order valence-electron chi connectivity index (χ2n) is 8.79. The second kappa shape index (κ2) is 10.4. The number of hydrogen-bond acceptors (Lipinski definition) is 7. The maximum absolute atomic E-state index is 12.8. The molecule has 9 nitrogen and oxygen atoms in total. The number of benzene rings is 1. The molecule has 5 rings (SSSR count). The number of amides is 1. The van der Waals surface area contributed by atoms with Gasteiger partial charge in [-0.3, -0.25) is 19.8 Å². The number of rotatable bonds is 5. The number of fused-ring (bicyclic) bond motifs is 2. The van der Waals surface area contributed by atoms with Crippen LogP contribution in [0.1, 0.15) is 44.1 Å². The predicted octanol–water partition coefficient (Wildman–Crippen LogP) is 4.15. The molecule has 2 unspecified atom stereocenters. The van der Waals surface area contributed by atoms with Gasteiger partial charge in [0.15, 0.2) is 5.50 Å². The molecule has 0 spiro atoms. The van der Waals surface area contributed by atoms with Crippen LogP contribution in [-0.4, -0.2) is 57.6 Å². The van der Waals surface area contributed by atoms with Gasteiger partial charge in [0.1, 0.15) is 6.34 Å². The number of carbonyl (C=O) groups is 1. The fraction of sp³-hybridized carbons (Fsp3) is 0.478. The summed E-state index contributed by atoms with van der Waals surface area (Å²) >= 11 is 1.83. The molecule has 34 heavy (non-hydrogen) atoms. The number of nitro benzene ring substituents is 1. The van der Waals surface area contributed by atoms with E-state index in [1.807, 2.05) is 11.8 Å². The molecule has 0 aromatic heterocycles. The maximum atomic E-state index is 12.8. The van der Waals surface area contributed by atoms with Gasteiger partial charge in [-0.1, -0.05) is 11.8 Å². The normalized spacial score (nSPS) is 24.0. The Morgan fingerprint density at radius 2 is 2.03 bits per heavy atom. The standard InChI is InChI=1S/C23H28N6O3S.ClH/c1-26(22(30)17-5-4-12-24-13-17)25-15-28-20(16-8-10-18(11-9-16)29(31)32)14-27-19-6-2-3-7-21(19)33-23(27)28;/h8-11,14-15,17,23-24H,2-7,12-13H2,1H3;1H. The summed E-state index contributed by atoms with van der Waals surface area (Å²) in [6.45, 7) is 1.65. The molecule has 1 aliphatic carbocycles. The number of piperidine rings is 1. The van der Waals surface area contributed by atoms with Crippen molar-refractivity contribution >= 4 is 47.8 Å². The minimum atomic E-state index is -0.389. The number of nitrogens with one attached hydrogen (secondary N) is 1. The Bertz CT molecular complexity index is 1040. The highest BCUT2D eigenvalue weighted by Crippen LogP contribution is 2.51. The predicted molar refractivity (Wildman–Crippen MR) is 136 cm³/mol. The molecule has 0 saturated carbocycles. The Morgan fingerprint density at radius 3 is 2.74 bits per heavy atom. The van der Waals surface area contributed by atoms with Crippen LogP contribution in [0.25, 0.3) is 5.70 Å². The highest BCUT2D eigenvalue weighted by Gasteiger charge is 2.42. The smallest absolute Gasteiger partial charge is 0.269 e. The first kappa shape index (κ1) is 24.6. The van der Waals surface area contributed by atoms with Crippen molar-refractivity contribution in [2.75, 3.05) is 20.1 Å². The van der Waals surface area contributed by atoms with Gasteiger partial charge >= 0.3 is 0 Å². The van der Waals surface area contributed by atoms with Crippen LogP contribution in [-0.2, 0) is 4.79 Å². The minimum absolute atomic E-state index is 0. The molecule has 0 radical (unpaired) electrons. The first-order valence-corrected chi connectivity index (χ1v) is 12.4. The van der Waals surface area contributed by atoms with Gasteiger partial charge in [0, 0.05) is 48.1 Å². The largest absolute Gasteiger partial charge is 0.319 e. The van der Waals surface area contributed by atoms with E-state index in [0.29, 0.717) is 6.54 Å². The summed E-state index contributed by atoms with van der Waals surface area (Å²) in [4.78, 5) is 29.3. The van der Waals surface area contributed by atoms with Crippen molar-refractivity contribution in [1.29, 1.82) is 0 Å². The minimum Gasteiger partial charge on any atom is -0.319 e. The zero-order valence-corrected chi connectivity index (χ0v) is 20.7. The van der Waals surface area contributed by atoms with E-state index in [0.717, 1.165) is 43.5 Å². The van der Waals surface area contributed by atoms with Crippen LogP contribution in [0.15, 0.2) is 46.2 Å². The van der Waals surface area contributed by atoms with Crippen LogP contribution in [0.5, 0.6) is 0 Å². The molecule has 0 bridgehead atoms. The van der Waals surface area contributed by atoms with E-state index in [-0.39, 0.29) is 40.3 Å². The third-order valence-corrected chi connectivity index (χ3v) is 8.04. The monoisotopic (exact) mass is 504 g/mol. The van der Waals surface area contributed by atoms with Crippen molar-refractivity contribution in [3.8, 4) is 0 Å². The lowest BCUT2D eigenvalue weighted by Crippen LogP contribution is -2.40. The summed E-state index contributed by atoms with van der Waals surface area (Å²) in [6, 6.07) is 6.60. The van der Waals surface area contributed by atoms with Crippen LogP contribution in [0.3, 0.4) is 0 Å². The molecule has 3 heterocycles. The van der Waals surface area contributed by atoms with Gasteiger partial charge in [-0.15, -0.1) is 12.4 Å². The summed E-state index contributed by atoms with van der Waals surface area (Å²) in [6.07, 6.45) is 10.3. The highest BCUT2D eigenvalue weighted by atomic mass is 35.5. The van der Waals surface area contributed by atoms with Crippen LogP contribution in [0.2, 0.25) is 0 Å². The van der Waals surface area contributed by atoms with E-state index in [1.165, 1.54) is 40.6 Å². The van der Waals surface area contributed by atoms with Crippen molar-refractivity contribution < 1.29 is 9.72 Å². The van der Waals surface area contributed by atoms with Gasteiger partial charge in [0.05, 0.1) is 16.5 Å². The highest BCUT2D eigenvalue weighted by molar-refractivity contribution is 8.03. The maximum Gasteiger partial charge on any atom is 0.269 e. The van der Waals surface area contributed by atoms with E-state index in [4.69, 9.17) is 0 Å². The van der Waals surface area contributed by atoms with Gasteiger partial charge in [-0.25, -0.2) is 5.01 Å². The first-order valence-electron chi connectivity index (χ1n) is 11.5. The molecule has 11 heteroatoms. The van der Waals surface area contributed by atoms with E-state index < -0.39 is 0 Å². The molecule has 1 saturated heterocycles. The number of hydrazone groups is 1. The SMILES string of the molecule is CN(N=CN1C(c2ccc([N+](=O)[O-])cc2)=CN2C3=C(CCCC3)SC12)C(=O)C1CCCNC1.Cl. The van der Waals surface area contributed by atoms with E-state index in [9.17, 15) is 14.9 Å². The van der Waals surface area contributed by atoms with Crippen molar-refractivity contribution in [2.45, 2.75) is 44.0 Å². The molecule has 1 aromatic rings. The third-order valence-electron chi connectivity index (χ3n) is 6.65. The van der Waals surface area contributed by atoms with E-state index in [2.05, 4.69) is 26.4 Å². The number of hydrogen-bond donors (Lipinski definition) is 1. The fourth-order valence-corrected chi connectivity index (χ4v) is 6.29. The number of thioether (sulfide) groups is 1. The van der Waals surface area contributed by atoms with Crippen LogP contribution in [0.4, 0.5) is 5.69 Å². The van der Waals surface area contributed by atoms with Gasteiger partial charge in [0.25, 0.3) is 5.69 Å². The quantitative estimate of drug-likeness (QED) is 0.278. The fourth-order valence-electron chi connectivity index (χ4n) is 4.84. The number of nitrogens with zero attached hydrogens (tertiary/aromatic N) is 5. The Hall–Kier alpha value is -2.56. The molecule has 1 N–H and O–H groups in total. The van der Waals surface area contributed by atoms with E-state index in [1.54, 1.807) is 25.5 Å². The Balaban J connectivity index is 0.00000274. The molecule has 1 fully saturated rings. The molecule has 2 atom stereocenters. The lowest BCUT2D eigenvalue weighted by Gasteiger charge is -2.28. The topological polar surface area (TPSA) is 94.3 Å². The summed E-state index contributed by atoms with van der Waals surface area (Å²) in [7, 11) is 1.71. The Morgan fingerprint density at radius 1 is 1.26 bits per heavy atom. The molecule has 4 aliphatic rings. The zero-order chi connectivity index (χ0) is 22.9. The Labute approximate surface area is 209 Å². The van der Waals surface area contributed by atoms with Crippen LogP contribution >= 0.6 is 24.2 Å². The number of allylic oxidation sites excluding steroid dienone is 2. The van der Waals surface area contributed by atoms with Crippen LogP contribution < -0.4 is 5.32 Å². The zero-order valence-electron chi connectivity index (χ0n) is 19.1. The lowest BCUT2D eigenvalue weighted by atomic mass is 9.99. The van der Waals surface area contributed by atoms with Crippen molar-refractivity contribution in [1.82, 2.24) is 20.1 Å². The Kier molecular flexibility index (Phi) is 7.49. The number of halogens is 1. The lowest BCUT2D eigenvalue weighted by molar-refractivity contribution is -0.384. The van der Waals surface area contributed by atoms with Gasteiger partial charge in [0.2, 0.25) is 5.91 Å². The number of non-ortho nitro benzene ring substituents is 1. The second-order valence-corrected chi connectivity index (χ2v) is 9.94. The van der Waals surface area contributed by atoms with Crippen LogP contribution in [0, 0.1) is 16.0 Å². The average molecular weight is 505 g/mol. The van der Waals surface area contributed by atoms with E-state index >= 15 is 0 Å². The molecule has 3 aliphatic heterocycles. The van der Waals surface area contributed by atoms with Crippen molar-refractivity contribution in [3.63, 3.8) is 0 Å². The molecule has 1 amide bonds. The van der Waals surface area contributed by atoms with Gasteiger partial charge in [-0.2, -0.15) is 5.10 Å². The number of nitro groups is 1. The molecule has 182 valence electrons. The first-order chi connectivity index (χ1) is 16.0. The summed E-state index contributed by atoms with van der Waals surface area (Å²) in [5.74, 6) is -0.0256. The third kappa shape index (κ3) is 4.67. The summed E-state index contributed by atoms with van der Waals surface area (Å²) in [5.41, 5.74) is 3.25. The molecule has 1 aromatic carbocycles. The summed E-state index contributed by atoms with van der Waals surface area (Å²) in [5, 5.41) is 20.3. The van der Waals surface area contributed by atoms with Gasteiger partial charge < -0.3 is 10.2 Å². The van der Waals surface area contributed by atoms with Crippen molar-refractivity contribution in [2.24, 2.45) is 11.0 Å². The van der Waals surface area contributed by atoms with Crippen molar-refractivity contribution in [3.05, 3.63) is 56.7 Å². The summed E-state index contributed by atoms with van der Waals surface area (Å²) < 4.78 is 0. The molecular weight excluding hydrogens is 476 g/mol. The molecular formula is C23H29ClN6O3S. The van der Waals surface area contributed by atoms with Gasteiger partial charge in [-0.05, 0) is 57.2 Å².